The molecule has 1 heterocycles. The molecule has 1 N–H and O–H groups in total. The minimum absolute atomic E-state index is 0.128. The number of ether oxygens (including phenoxy) is 2. The van der Waals surface area contributed by atoms with E-state index in [1.165, 1.54) is 4.90 Å². The molecule has 0 saturated carbocycles. The van der Waals surface area contributed by atoms with Gasteiger partial charge in [-0.1, -0.05) is 13.3 Å². The van der Waals surface area contributed by atoms with Crippen LogP contribution in [0.1, 0.15) is 54.4 Å². The Morgan fingerprint density at radius 2 is 1.52 bits per heavy atom. The Bertz CT molecular complexity index is 679. The molecule has 0 aromatic rings. The first-order valence-electron chi connectivity index (χ1n) is 11.5. The molecule has 1 aliphatic rings. The number of alkyl carbamates (subject to hydrolysis) is 1. The zero-order chi connectivity index (χ0) is 25.1. The number of amides is 3. The molecule has 1 fully saturated rings. The van der Waals surface area contributed by atoms with Crippen LogP contribution in [-0.4, -0.2) is 91.7 Å². The smallest absolute Gasteiger partial charge is 0.409 e. The van der Waals surface area contributed by atoms with Crippen molar-refractivity contribution in [2.45, 2.75) is 66.0 Å². The van der Waals surface area contributed by atoms with Crippen LogP contribution in [0.5, 0.6) is 0 Å². The molecule has 0 bridgehead atoms. The SMILES string of the molecule is CCCCOC(=O)N1CCN(C(=O)[C@@H](CP(=O)(OCC)OCC)NC(=O)OC(C)(C)C)CC1. The van der Waals surface area contributed by atoms with Crippen LogP contribution in [0, 0.1) is 0 Å². The molecule has 1 atom stereocenters. The van der Waals surface area contributed by atoms with E-state index in [2.05, 4.69) is 5.32 Å². The van der Waals surface area contributed by atoms with Crippen molar-refractivity contribution < 1.29 is 37.5 Å². The van der Waals surface area contributed by atoms with Crippen LogP contribution in [-0.2, 0) is 27.9 Å². The first kappa shape index (κ1) is 29.2. The van der Waals surface area contributed by atoms with E-state index in [4.69, 9.17) is 18.5 Å². The van der Waals surface area contributed by atoms with Crippen LogP contribution in [0.2, 0.25) is 0 Å². The molecule has 0 radical (unpaired) electrons. The van der Waals surface area contributed by atoms with Gasteiger partial charge in [-0.15, -0.1) is 0 Å². The largest absolute Gasteiger partial charge is 0.449 e. The predicted molar refractivity (Wildman–Crippen MR) is 123 cm³/mol. The number of nitrogens with one attached hydrogen (secondary N) is 1. The number of unbranched alkanes of at least 4 members (excludes halogenated alkanes) is 1. The minimum Gasteiger partial charge on any atom is -0.449 e. The Morgan fingerprint density at radius 1 is 0.970 bits per heavy atom. The van der Waals surface area contributed by atoms with Crippen molar-refractivity contribution in [2.75, 3.05) is 52.2 Å². The second-order valence-corrected chi connectivity index (χ2v) is 10.7. The molecule has 0 aliphatic carbocycles. The van der Waals surface area contributed by atoms with Crippen LogP contribution in [0.15, 0.2) is 0 Å². The van der Waals surface area contributed by atoms with E-state index in [0.29, 0.717) is 19.7 Å². The van der Waals surface area contributed by atoms with E-state index in [9.17, 15) is 18.9 Å². The summed E-state index contributed by atoms with van der Waals surface area (Å²) in [5.74, 6) is -0.445. The summed E-state index contributed by atoms with van der Waals surface area (Å²) < 4.78 is 34.2. The molecule has 0 unspecified atom stereocenters. The highest BCUT2D eigenvalue weighted by Gasteiger charge is 2.37. The van der Waals surface area contributed by atoms with E-state index in [1.807, 2.05) is 6.92 Å². The zero-order valence-corrected chi connectivity index (χ0v) is 21.7. The lowest BCUT2D eigenvalue weighted by atomic mass is 10.2. The fourth-order valence-electron chi connectivity index (χ4n) is 3.12. The molecule has 3 amide bonds. The van der Waals surface area contributed by atoms with Gasteiger partial charge < -0.3 is 33.6 Å². The summed E-state index contributed by atoms with van der Waals surface area (Å²) in [6.07, 6.45) is 0.179. The van der Waals surface area contributed by atoms with E-state index in [0.717, 1.165) is 12.8 Å². The lowest BCUT2D eigenvalue weighted by Gasteiger charge is -2.36. The number of nitrogens with zero attached hydrogens (tertiary/aromatic N) is 2. The summed E-state index contributed by atoms with van der Waals surface area (Å²) in [5, 5.41) is 2.52. The van der Waals surface area contributed by atoms with E-state index < -0.39 is 37.3 Å². The van der Waals surface area contributed by atoms with Crippen molar-refractivity contribution in [3.63, 3.8) is 0 Å². The minimum atomic E-state index is -3.63. The fraction of sp³-hybridized carbons (Fsp3) is 0.857. The third kappa shape index (κ3) is 10.8. The second kappa shape index (κ2) is 13.8. The van der Waals surface area contributed by atoms with Gasteiger partial charge in [0, 0.05) is 26.2 Å². The lowest BCUT2D eigenvalue weighted by molar-refractivity contribution is -0.134. The summed E-state index contributed by atoms with van der Waals surface area (Å²) in [7, 11) is -3.63. The normalized spacial score (nSPS) is 15.7. The van der Waals surface area contributed by atoms with Gasteiger partial charge in [-0.3, -0.25) is 9.36 Å². The number of carbonyl (C=O) groups excluding carboxylic acids is 3. The maximum absolute atomic E-state index is 13.3. The van der Waals surface area contributed by atoms with Gasteiger partial charge in [-0.05, 0) is 41.0 Å². The summed E-state index contributed by atoms with van der Waals surface area (Å²) >= 11 is 0. The Labute approximate surface area is 197 Å². The van der Waals surface area contributed by atoms with Crippen molar-refractivity contribution >= 4 is 25.7 Å². The maximum atomic E-state index is 13.3. The van der Waals surface area contributed by atoms with Crippen LogP contribution < -0.4 is 5.32 Å². The summed E-state index contributed by atoms with van der Waals surface area (Å²) in [4.78, 5) is 40.8. The predicted octanol–water partition coefficient (Wildman–Crippen LogP) is 3.23. The van der Waals surface area contributed by atoms with E-state index in [-0.39, 0.29) is 32.5 Å². The Hall–Kier alpha value is -1.84. The highest BCUT2D eigenvalue weighted by atomic mass is 31.2. The fourth-order valence-corrected chi connectivity index (χ4v) is 4.89. The molecule has 1 rings (SSSR count). The summed E-state index contributed by atoms with van der Waals surface area (Å²) in [5.41, 5.74) is -0.773. The molecule has 0 aromatic heterocycles. The molecule has 0 aromatic carbocycles. The Kier molecular flexibility index (Phi) is 12.2. The molecule has 1 aliphatic heterocycles. The third-order valence-electron chi connectivity index (χ3n) is 4.62. The van der Waals surface area contributed by atoms with Crippen LogP contribution in [0.4, 0.5) is 9.59 Å². The lowest BCUT2D eigenvalue weighted by Crippen LogP contribution is -2.57. The molecule has 192 valence electrons. The van der Waals surface area contributed by atoms with Crippen LogP contribution >= 0.6 is 7.60 Å². The zero-order valence-electron chi connectivity index (χ0n) is 20.8. The highest BCUT2D eigenvalue weighted by molar-refractivity contribution is 7.54. The quantitative estimate of drug-likeness (QED) is 0.344. The van der Waals surface area contributed by atoms with Gasteiger partial charge in [0.2, 0.25) is 5.91 Å². The highest BCUT2D eigenvalue weighted by Crippen LogP contribution is 2.48. The van der Waals surface area contributed by atoms with E-state index in [1.54, 1.807) is 39.5 Å². The number of hydrogen-bond acceptors (Lipinski definition) is 8. The third-order valence-corrected chi connectivity index (χ3v) is 6.74. The number of piperazine rings is 1. The first-order chi connectivity index (χ1) is 15.4. The van der Waals surface area contributed by atoms with Gasteiger partial charge in [-0.2, -0.15) is 0 Å². The molecule has 33 heavy (non-hydrogen) atoms. The average molecular weight is 494 g/mol. The Balaban J connectivity index is 2.88. The summed E-state index contributed by atoms with van der Waals surface area (Å²) in [6.45, 7) is 12.2. The van der Waals surface area contributed by atoms with Crippen molar-refractivity contribution in [3.8, 4) is 0 Å². The van der Waals surface area contributed by atoms with Gasteiger partial charge in [-0.25, -0.2) is 9.59 Å². The molecule has 0 spiro atoms. The van der Waals surface area contributed by atoms with Gasteiger partial charge in [0.05, 0.1) is 26.0 Å². The van der Waals surface area contributed by atoms with Crippen molar-refractivity contribution in [2.24, 2.45) is 0 Å². The maximum Gasteiger partial charge on any atom is 0.409 e. The number of rotatable bonds is 11. The van der Waals surface area contributed by atoms with Crippen molar-refractivity contribution in [1.29, 1.82) is 0 Å². The van der Waals surface area contributed by atoms with Gasteiger partial charge in [0.25, 0.3) is 0 Å². The number of carbonyl (C=O) groups is 3. The molecule has 12 heteroatoms. The molecule has 11 nitrogen and oxygen atoms in total. The molecule has 1 saturated heterocycles. The van der Waals surface area contributed by atoms with Crippen LogP contribution in [0.3, 0.4) is 0 Å². The van der Waals surface area contributed by atoms with Crippen molar-refractivity contribution in [3.05, 3.63) is 0 Å². The Morgan fingerprint density at radius 3 is 2.00 bits per heavy atom. The standard InChI is InChI=1S/C21H40N3O8P/c1-7-10-15-29-20(27)24-13-11-23(12-14-24)18(25)17(22-19(26)32-21(4,5)6)16-33(28,30-8-2)31-9-3/h17H,7-16H2,1-6H3,(H,22,26)/t17-/m1/s1. The van der Waals surface area contributed by atoms with Crippen LogP contribution in [0.25, 0.3) is 0 Å². The first-order valence-corrected chi connectivity index (χ1v) is 13.3. The van der Waals surface area contributed by atoms with Gasteiger partial charge >= 0.3 is 19.8 Å². The molecular formula is C21H40N3O8P. The topological polar surface area (TPSA) is 124 Å². The summed E-state index contributed by atoms with van der Waals surface area (Å²) in [6, 6.07) is -1.17. The average Bonchev–Trinajstić information content (AvgIpc) is 2.72. The van der Waals surface area contributed by atoms with Crippen molar-refractivity contribution in [1.82, 2.24) is 15.1 Å². The molecular weight excluding hydrogens is 453 g/mol. The monoisotopic (exact) mass is 493 g/mol. The van der Waals surface area contributed by atoms with Gasteiger partial charge in [0.15, 0.2) is 0 Å². The van der Waals surface area contributed by atoms with Gasteiger partial charge in [0.1, 0.15) is 11.6 Å². The second-order valence-electron chi connectivity index (χ2n) is 8.61. The number of hydrogen-bond donors (Lipinski definition) is 1. The van der Waals surface area contributed by atoms with E-state index >= 15 is 0 Å².